The van der Waals surface area contributed by atoms with Crippen LogP contribution in [0.15, 0.2) is 22.7 Å². The maximum atomic E-state index is 13.3. The predicted molar refractivity (Wildman–Crippen MR) is 80.5 cm³/mol. The molecule has 1 atom stereocenters. The first-order valence-electron chi connectivity index (χ1n) is 6.89. The van der Waals surface area contributed by atoms with E-state index in [0.717, 1.165) is 6.07 Å². The van der Waals surface area contributed by atoms with E-state index in [-0.39, 0.29) is 11.6 Å². The molecule has 0 saturated carbocycles. The first-order chi connectivity index (χ1) is 11.0. The molecule has 0 spiro atoms. The summed E-state index contributed by atoms with van der Waals surface area (Å²) < 4.78 is 18.2. The van der Waals surface area contributed by atoms with Crippen molar-refractivity contribution in [3.63, 3.8) is 0 Å². The third kappa shape index (κ3) is 5.19. The van der Waals surface area contributed by atoms with Crippen LogP contribution in [0, 0.1) is 12.7 Å². The van der Waals surface area contributed by atoms with Crippen molar-refractivity contribution in [2.75, 3.05) is 13.1 Å². The van der Waals surface area contributed by atoms with Crippen LogP contribution >= 0.6 is 11.6 Å². The van der Waals surface area contributed by atoms with Crippen LogP contribution in [0.2, 0.25) is 5.02 Å². The summed E-state index contributed by atoms with van der Waals surface area (Å²) in [6.45, 7) is 1.94. The van der Waals surface area contributed by atoms with Crippen LogP contribution in [0.1, 0.15) is 23.4 Å². The molecule has 2 amide bonds. The van der Waals surface area contributed by atoms with Gasteiger partial charge in [0.15, 0.2) is 5.82 Å². The molecule has 0 aliphatic heterocycles. The van der Waals surface area contributed by atoms with Crippen LogP contribution in [-0.2, 0) is 6.42 Å². The number of nitrogens with zero attached hydrogens (tertiary/aromatic N) is 2. The fourth-order valence-corrected chi connectivity index (χ4v) is 1.93. The zero-order valence-corrected chi connectivity index (χ0v) is 13.1. The van der Waals surface area contributed by atoms with Crippen LogP contribution in [0.4, 0.5) is 9.18 Å². The molecule has 0 bridgehead atoms. The molecule has 2 aromatic rings. The molecule has 1 aromatic carbocycles. The second-order valence-corrected chi connectivity index (χ2v) is 5.22. The minimum absolute atomic E-state index is 0.0251. The first kappa shape index (κ1) is 17.2. The summed E-state index contributed by atoms with van der Waals surface area (Å²) >= 11 is 5.57. The lowest BCUT2D eigenvalue weighted by molar-refractivity contribution is 0.172. The fraction of sp³-hybridized carbons (Fsp3) is 0.357. The summed E-state index contributed by atoms with van der Waals surface area (Å²) in [5.74, 6) is 0.338. The smallest absolute Gasteiger partial charge is 0.314 e. The molecule has 2 rings (SSSR count). The molecule has 1 unspecified atom stereocenters. The summed E-state index contributed by atoms with van der Waals surface area (Å²) in [4.78, 5) is 15.6. The molecule has 9 heteroatoms. The SMILES string of the molecule is Cc1noc(CCNC(=O)NCC(O)c2ccc(Cl)c(F)c2)n1. The van der Waals surface area contributed by atoms with Crippen molar-refractivity contribution in [2.45, 2.75) is 19.4 Å². The van der Waals surface area contributed by atoms with Gasteiger partial charge < -0.3 is 20.3 Å². The molecule has 0 aliphatic rings. The monoisotopic (exact) mass is 342 g/mol. The normalized spacial score (nSPS) is 12.0. The Labute approximate surface area is 136 Å². The highest BCUT2D eigenvalue weighted by Gasteiger charge is 2.12. The maximum Gasteiger partial charge on any atom is 0.314 e. The second kappa shape index (κ2) is 7.89. The quantitative estimate of drug-likeness (QED) is 0.742. The van der Waals surface area contributed by atoms with Crippen molar-refractivity contribution in [2.24, 2.45) is 0 Å². The van der Waals surface area contributed by atoms with Crippen molar-refractivity contribution in [3.8, 4) is 0 Å². The lowest BCUT2D eigenvalue weighted by atomic mass is 10.1. The summed E-state index contributed by atoms with van der Waals surface area (Å²) in [6.07, 6.45) is -0.634. The number of nitrogens with one attached hydrogen (secondary N) is 2. The van der Waals surface area contributed by atoms with Crippen molar-refractivity contribution in [1.82, 2.24) is 20.8 Å². The number of rotatable bonds is 6. The zero-order chi connectivity index (χ0) is 16.8. The van der Waals surface area contributed by atoms with E-state index in [2.05, 4.69) is 20.8 Å². The Balaban J connectivity index is 1.71. The van der Waals surface area contributed by atoms with Gasteiger partial charge in [0.1, 0.15) is 5.82 Å². The third-order valence-electron chi connectivity index (χ3n) is 2.98. The summed E-state index contributed by atoms with van der Waals surface area (Å²) in [5.41, 5.74) is 0.327. The molecule has 1 heterocycles. The highest BCUT2D eigenvalue weighted by Crippen LogP contribution is 2.19. The van der Waals surface area contributed by atoms with Gasteiger partial charge in [0.2, 0.25) is 5.89 Å². The zero-order valence-electron chi connectivity index (χ0n) is 12.3. The number of hydrogen-bond donors (Lipinski definition) is 3. The molecule has 0 fully saturated rings. The average Bonchev–Trinajstić information content (AvgIpc) is 2.93. The van der Waals surface area contributed by atoms with Crippen LogP contribution in [0.5, 0.6) is 0 Å². The molecule has 124 valence electrons. The van der Waals surface area contributed by atoms with E-state index in [1.807, 2.05) is 0 Å². The number of urea groups is 1. The molecule has 3 N–H and O–H groups in total. The highest BCUT2D eigenvalue weighted by molar-refractivity contribution is 6.30. The van der Waals surface area contributed by atoms with Gasteiger partial charge in [-0.2, -0.15) is 4.98 Å². The topological polar surface area (TPSA) is 100 Å². The minimum Gasteiger partial charge on any atom is -0.387 e. The van der Waals surface area contributed by atoms with Crippen molar-refractivity contribution >= 4 is 17.6 Å². The van der Waals surface area contributed by atoms with Gasteiger partial charge in [-0.1, -0.05) is 22.8 Å². The number of aliphatic hydroxyl groups is 1. The number of benzene rings is 1. The number of aromatic nitrogens is 2. The van der Waals surface area contributed by atoms with Crippen LogP contribution < -0.4 is 10.6 Å². The Morgan fingerprint density at radius 1 is 1.48 bits per heavy atom. The number of carbonyl (C=O) groups is 1. The summed E-state index contributed by atoms with van der Waals surface area (Å²) in [5, 5.41) is 18.6. The standard InChI is InChI=1S/C14H16ClFN4O3/c1-8-19-13(23-20-8)4-5-17-14(22)18-7-12(21)9-2-3-10(15)11(16)6-9/h2-3,6,12,21H,4-5,7H2,1H3,(H2,17,18,22). The highest BCUT2D eigenvalue weighted by atomic mass is 35.5. The maximum absolute atomic E-state index is 13.3. The van der Waals surface area contributed by atoms with Gasteiger partial charge in [-0.15, -0.1) is 0 Å². The van der Waals surface area contributed by atoms with Gasteiger partial charge in [-0.05, 0) is 24.6 Å². The average molecular weight is 343 g/mol. The van der Waals surface area contributed by atoms with E-state index >= 15 is 0 Å². The van der Waals surface area contributed by atoms with Crippen LogP contribution in [0.3, 0.4) is 0 Å². The lowest BCUT2D eigenvalue weighted by Crippen LogP contribution is -2.38. The largest absolute Gasteiger partial charge is 0.387 e. The first-order valence-corrected chi connectivity index (χ1v) is 7.27. The molecule has 0 aliphatic carbocycles. The Morgan fingerprint density at radius 2 is 2.26 bits per heavy atom. The van der Waals surface area contributed by atoms with Gasteiger partial charge in [0.25, 0.3) is 0 Å². The van der Waals surface area contributed by atoms with E-state index in [9.17, 15) is 14.3 Å². The van der Waals surface area contributed by atoms with E-state index < -0.39 is 18.0 Å². The number of carbonyl (C=O) groups excluding carboxylic acids is 1. The molecule has 7 nitrogen and oxygen atoms in total. The molecule has 1 aromatic heterocycles. The minimum atomic E-state index is -1.04. The predicted octanol–water partition coefficient (Wildman–Crippen LogP) is 1.75. The van der Waals surface area contributed by atoms with Crippen molar-refractivity contribution < 1.29 is 18.8 Å². The molecule has 23 heavy (non-hydrogen) atoms. The van der Waals surface area contributed by atoms with Crippen LogP contribution in [0.25, 0.3) is 0 Å². The van der Waals surface area contributed by atoms with Gasteiger partial charge in [0, 0.05) is 19.5 Å². The number of aryl methyl sites for hydroxylation is 1. The Bertz CT molecular complexity index is 680. The van der Waals surface area contributed by atoms with Gasteiger partial charge >= 0.3 is 6.03 Å². The molecular formula is C14H16ClFN4O3. The van der Waals surface area contributed by atoms with E-state index in [1.165, 1.54) is 12.1 Å². The number of hydrogen-bond acceptors (Lipinski definition) is 5. The van der Waals surface area contributed by atoms with Gasteiger partial charge in [-0.3, -0.25) is 0 Å². The Morgan fingerprint density at radius 3 is 2.91 bits per heavy atom. The van der Waals surface area contributed by atoms with E-state index in [0.29, 0.717) is 30.2 Å². The second-order valence-electron chi connectivity index (χ2n) is 4.81. The molecule has 0 saturated heterocycles. The Kier molecular flexibility index (Phi) is 5.89. The fourth-order valence-electron chi connectivity index (χ4n) is 1.81. The van der Waals surface area contributed by atoms with Gasteiger partial charge in [-0.25, -0.2) is 9.18 Å². The van der Waals surface area contributed by atoms with Gasteiger partial charge in [0.05, 0.1) is 11.1 Å². The number of aliphatic hydroxyl groups excluding tert-OH is 1. The lowest BCUT2D eigenvalue weighted by Gasteiger charge is -2.13. The molecule has 0 radical (unpaired) electrons. The van der Waals surface area contributed by atoms with E-state index in [4.69, 9.17) is 16.1 Å². The third-order valence-corrected chi connectivity index (χ3v) is 3.28. The van der Waals surface area contributed by atoms with Crippen molar-refractivity contribution in [1.29, 1.82) is 0 Å². The Hall–Kier alpha value is -2.19. The number of amides is 2. The molecular weight excluding hydrogens is 327 g/mol. The van der Waals surface area contributed by atoms with Crippen molar-refractivity contribution in [3.05, 3.63) is 46.3 Å². The van der Waals surface area contributed by atoms with Crippen LogP contribution in [-0.4, -0.2) is 34.4 Å². The van der Waals surface area contributed by atoms with E-state index in [1.54, 1.807) is 6.92 Å². The summed E-state index contributed by atoms with van der Waals surface area (Å²) in [6, 6.07) is 3.51. The number of halogens is 2. The summed E-state index contributed by atoms with van der Waals surface area (Å²) in [7, 11) is 0.